The zero-order chi connectivity index (χ0) is 17.5. The molecule has 0 fully saturated rings. The summed E-state index contributed by atoms with van der Waals surface area (Å²) < 4.78 is 5.44. The number of nitrogens with one attached hydrogen (secondary N) is 1. The van der Waals surface area contributed by atoms with Crippen molar-refractivity contribution in [2.75, 3.05) is 31.1 Å². The Balaban J connectivity index is 1.37. The van der Waals surface area contributed by atoms with Gasteiger partial charge in [-0.1, -0.05) is 35.9 Å². The molecule has 3 rings (SSSR count). The minimum Gasteiger partial charge on any atom is -0.484 e. The third-order valence-electron chi connectivity index (χ3n) is 4.30. The minimum atomic E-state index is -0.112. The molecule has 2 aromatic carbocycles. The molecule has 0 saturated carbocycles. The summed E-state index contributed by atoms with van der Waals surface area (Å²) in [6.45, 7) is 2.69. The average molecular weight is 359 g/mol. The number of benzene rings is 2. The van der Waals surface area contributed by atoms with E-state index >= 15 is 0 Å². The summed E-state index contributed by atoms with van der Waals surface area (Å²) in [5.41, 5.74) is 2.76. The van der Waals surface area contributed by atoms with Crippen molar-refractivity contribution in [2.45, 2.75) is 19.3 Å². The van der Waals surface area contributed by atoms with Gasteiger partial charge in [0.1, 0.15) is 5.75 Å². The van der Waals surface area contributed by atoms with Gasteiger partial charge in [-0.3, -0.25) is 4.79 Å². The summed E-state index contributed by atoms with van der Waals surface area (Å²) in [6.07, 6.45) is 3.26. The normalized spacial score (nSPS) is 13.2. The molecule has 5 heteroatoms. The number of halogens is 1. The number of anilines is 1. The molecule has 0 spiro atoms. The molecule has 1 N–H and O–H groups in total. The molecule has 0 radical (unpaired) electrons. The number of rotatable bonds is 7. The predicted octanol–water partition coefficient (Wildman–Crippen LogP) is 3.68. The highest BCUT2D eigenvalue weighted by Crippen LogP contribution is 2.26. The van der Waals surface area contributed by atoms with E-state index < -0.39 is 0 Å². The second kappa shape index (κ2) is 8.77. The number of carbonyl (C=O) groups is 1. The van der Waals surface area contributed by atoms with Crippen LogP contribution in [0.5, 0.6) is 5.75 Å². The molecule has 0 bridgehead atoms. The minimum absolute atomic E-state index is 0.00684. The second-order valence-corrected chi connectivity index (χ2v) is 6.61. The number of ether oxygens (including phenoxy) is 1. The Kier molecular flexibility index (Phi) is 6.18. The van der Waals surface area contributed by atoms with Gasteiger partial charge in [0.05, 0.1) is 0 Å². The van der Waals surface area contributed by atoms with Crippen LogP contribution in [0.2, 0.25) is 5.02 Å². The second-order valence-electron chi connectivity index (χ2n) is 6.17. The van der Waals surface area contributed by atoms with E-state index in [9.17, 15) is 4.79 Å². The number of hydrogen-bond acceptors (Lipinski definition) is 3. The van der Waals surface area contributed by atoms with Crippen LogP contribution in [0, 0.1) is 0 Å². The van der Waals surface area contributed by atoms with E-state index in [1.807, 2.05) is 0 Å². The fraction of sp³-hybridized carbons (Fsp3) is 0.350. The number of nitrogens with zero attached hydrogens (tertiary/aromatic N) is 1. The van der Waals surface area contributed by atoms with Crippen LogP contribution in [0.15, 0.2) is 48.5 Å². The quantitative estimate of drug-likeness (QED) is 0.768. The fourth-order valence-electron chi connectivity index (χ4n) is 3.10. The lowest BCUT2D eigenvalue weighted by Crippen LogP contribution is -2.34. The van der Waals surface area contributed by atoms with Crippen molar-refractivity contribution in [3.63, 3.8) is 0 Å². The van der Waals surface area contributed by atoms with Gasteiger partial charge in [-0.25, -0.2) is 0 Å². The zero-order valence-electron chi connectivity index (χ0n) is 14.2. The first-order chi connectivity index (χ1) is 12.2. The first-order valence-electron chi connectivity index (χ1n) is 8.70. The van der Waals surface area contributed by atoms with Crippen LogP contribution in [0.1, 0.15) is 18.4 Å². The van der Waals surface area contributed by atoms with E-state index in [0.717, 1.165) is 25.9 Å². The van der Waals surface area contributed by atoms with E-state index in [4.69, 9.17) is 16.3 Å². The number of fused-ring (bicyclic) bond motifs is 1. The van der Waals surface area contributed by atoms with Gasteiger partial charge in [0, 0.05) is 30.3 Å². The largest absolute Gasteiger partial charge is 0.484 e. The maximum Gasteiger partial charge on any atom is 0.257 e. The molecule has 25 heavy (non-hydrogen) atoms. The number of hydrogen-bond donors (Lipinski definition) is 1. The van der Waals surface area contributed by atoms with Crippen molar-refractivity contribution in [2.24, 2.45) is 0 Å². The van der Waals surface area contributed by atoms with Crippen LogP contribution in [0.3, 0.4) is 0 Å². The summed E-state index contributed by atoms with van der Waals surface area (Å²) in [5.74, 6) is 0.492. The number of aryl methyl sites for hydroxylation is 1. The van der Waals surface area contributed by atoms with E-state index in [2.05, 4.69) is 34.5 Å². The topological polar surface area (TPSA) is 41.6 Å². The molecule has 1 amide bonds. The molecular weight excluding hydrogens is 336 g/mol. The lowest BCUT2D eigenvalue weighted by Gasteiger charge is -2.31. The van der Waals surface area contributed by atoms with Crippen molar-refractivity contribution in [1.82, 2.24) is 5.32 Å². The standard InChI is InChI=1S/C20H23ClN2O2/c21-17-8-3-9-18(14-17)25-15-20(24)22-11-5-13-23-12-4-7-16-6-1-2-10-19(16)23/h1-3,6,8-10,14H,4-5,7,11-13,15H2,(H,22,24). The van der Waals surface area contributed by atoms with Gasteiger partial charge in [0.25, 0.3) is 5.91 Å². The summed E-state index contributed by atoms with van der Waals surface area (Å²) in [6, 6.07) is 15.6. The molecule has 132 valence electrons. The van der Waals surface area contributed by atoms with Gasteiger partial charge in [0.15, 0.2) is 6.61 Å². The Hall–Kier alpha value is -2.20. The smallest absolute Gasteiger partial charge is 0.257 e. The van der Waals surface area contributed by atoms with Crippen molar-refractivity contribution >= 4 is 23.2 Å². The van der Waals surface area contributed by atoms with Crippen molar-refractivity contribution in [3.8, 4) is 5.75 Å². The van der Waals surface area contributed by atoms with E-state index in [0.29, 0.717) is 17.3 Å². The monoisotopic (exact) mass is 358 g/mol. The van der Waals surface area contributed by atoms with Crippen LogP contribution in [0.4, 0.5) is 5.69 Å². The summed E-state index contributed by atoms with van der Waals surface area (Å²) in [7, 11) is 0. The van der Waals surface area contributed by atoms with E-state index in [1.165, 1.54) is 17.7 Å². The molecule has 0 aliphatic carbocycles. The number of carbonyl (C=O) groups excluding carboxylic acids is 1. The van der Waals surface area contributed by atoms with Crippen LogP contribution < -0.4 is 15.0 Å². The number of amides is 1. The number of para-hydroxylation sites is 1. The Morgan fingerprint density at radius 2 is 2.08 bits per heavy atom. The average Bonchev–Trinajstić information content (AvgIpc) is 2.64. The van der Waals surface area contributed by atoms with Gasteiger partial charge >= 0.3 is 0 Å². The molecule has 2 aromatic rings. The summed E-state index contributed by atoms with van der Waals surface area (Å²) in [5, 5.41) is 3.50. The zero-order valence-corrected chi connectivity index (χ0v) is 15.0. The van der Waals surface area contributed by atoms with Gasteiger partial charge in [-0.05, 0) is 49.1 Å². The highest BCUT2D eigenvalue weighted by Gasteiger charge is 2.15. The van der Waals surface area contributed by atoms with Crippen molar-refractivity contribution in [3.05, 3.63) is 59.1 Å². The van der Waals surface area contributed by atoms with Crippen LogP contribution in [-0.4, -0.2) is 32.1 Å². The van der Waals surface area contributed by atoms with Crippen LogP contribution in [0.25, 0.3) is 0 Å². The predicted molar refractivity (Wildman–Crippen MR) is 102 cm³/mol. The summed E-state index contributed by atoms with van der Waals surface area (Å²) in [4.78, 5) is 14.3. The molecule has 0 saturated heterocycles. The lowest BCUT2D eigenvalue weighted by molar-refractivity contribution is -0.123. The Morgan fingerprint density at radius 3 is 2.96 bits per heavy atom. The molecule has 1 aliphatic heterocycles. The Morgan fingerprint density at radius 1 is 1.20 bits per heavy atom. The summed E-state index contributed by atoms with van der Waals surface area (Å²) >= 11 is 5.89. The molecular formula is C20H23ClN2O2. The van der Waals surface area contributed by atoms with Gasteiger partial charge in [-0.15, -0.1) is 0 Å². The maximum atomic E-state index is 11.9. The molecule has 0 aromatic heterocycles. The molecule has 4 nitrogen and oxygen atoms in total. The fourth-order valence-corrected chi connectivity index (χ4v) is 3.28. The van der Waals surface area contributed by atoms with E-state index in [-0.39, 0.29) is 12.5 Å². The first kappa shape index (κ1) is 17.6. The third kappa shape index (κ3) is 5.13. The molecule has 1 heterocycles. The highest BCUT2D eigenvalue weighted by molar-refractivity contribution is 6.30. The lowest BCUT2D eigenvalue weighted by atomic mass is 10.0. The van der Waals surface area contributed by atoms with Crippen molar-refractivity contribution in [1.29, 1.82) is 0 Å². The van der Waals surface area contributed by atoms with Crippen LogP contribution in [-0.2, 0) is 11.2 Å². The maximum absolute atomic E-state index is 11.9. The van der Waals surface area contributed by atoms with Gasteiger partial charge in [0.2, 0.25) is 0 Å². The van der Waals surface area contributed by atoms with Crippen LogP contribution >= 0.6 is 11.6 Å². The Labute approximate surface area is 153 Å². The molecule has 0 unspecified atom stereocenters. The van der Waals surface area contributed by atoms with Gasteiger partial charge < -0.3 is 15.0 Å². The van der Waals surface area contributed by atoms with E-state index in [1.54, 1.807) is 24.3 Å². The Bertz CT molecular complexity index is 720. The molecule has 0 atom stereocenters. The highest BCUT2D eigenvalue weighted by atomic mass is 35.5. The SMILES string of the molecule is O=C(COc1cccc(Cl)c1)NCCCN1CCCc2ccccc21. The van der Waals surface area contributed by atoms with Crippen molar-refractivity contribution < 1.29 is 9.53 Å². The third-order valence-corrected chi connectivity index (χ3v) is 4.53. The molecule has 1 aliphatic rings. The first-order valence-corrected chi connectivity index (χ1v) is 9.08. The van der Waals surface area contributed by atoms with Gasteiger partial charge in [-0.2, -0.15) is 0 Å².